The second-order valence-corrected chi connectivity index (χ2v) is 11.6. The molecule has 0 fully saturated rings. The molecule has 0 N–H and O–H groups in total. The summed E-state index contributed by atoms with van der Waals surface area (Å²) in [4.78, 5) is 32.2. The highest BCUT2D eigenvalue weighted by Gasteiger charge is 2.33. The summed E-state index contributed by atoms with van der Waals surface area (Å²) < 4.78 is 25.4. The molecule has 1 atom stereocenters. The molecule has 1 aliphatic rings. The Morgan fingerprint density at radius 3 is 2.40 bits per heavy atom. The van der Waals surface area contributed by atoms with E-state index in [2.05, 4.69) is 27.6 Å². The summed E-state index contributed by atoms with van der Waals surface area (Å²) in [6, 6.07) is 20.1. The predicted octanol–water partition coefficient (Wildman–Crippen LogP) is 5.00. The normalized spacial score (nSPS) is 14.7. The van der Waals surface area contributed by atoms with E-state index >= 15 is 0 Å². The van der Waals surface area contributed by atoms with Crippen molar-refractivity contribution in [3.8, 4) is 17.2 Å². The molecule has 8 nitrogen and oxygen atoms in total. The zero-order valence-corrected chi connectivity index (χ0v) is 26.5. The molecule has 0 saturated carbocycles. The van der Waals surface area contributed by atoms with Gasteiger partial charge >= 0.3 is 5.97 Å². The Labute approximate surface area is 260 Å². The molecule has 0 saturated heterocycles. The highest BCUT2D eigenvalue weighted by Crippen LogP contribution is 2.31. The van der Waals surface area contributed by atoms with Gasteiger partial charge in [0.15, 0.2) is 4.80 Å². The van der Waals surface area contributed by atoms with Gasteiger partial charge in [-0.25, -0.2) is 9.79 Å². The Kier molecular flexibility index (Phi) is 9.12. The average molecular weight is 697 g/mol. The minimum Gasteiger partial charge on any atom is -0.497 e. The van der Waals surface area contributed by atoms with Gasteiger partial charge in [0.25, 0.3) is 5.56 Å². The Bertz CT molecular complexity index is 1820. The van der Waals surface area contributed by atoms with Crippen LogP contribution < -0.4 is 29.1 Å². The third-order valence-corrected chi connectivity index (χ3v) is 8.46. The van der Waals surface area contributed by atoms with Gasteiger partial charge in [-0.2, -0.15) is 0 Å². The van der Waals surface area contributed by atoms with Crippen molar-refractivity contribution in [1.82, 2.24) is 4.57 Å². The molecule has 4 aromatic rings. The number of rotatable bonds is 9. The van der Waals surface area contributed by atoms with Crippen LogP contribution in [0.15, 0.2) is 87.8 Å². The molecule has 42 heavy (non-hydrogen) atoms. The van der Waals surface area contributed by atoms with Crippen LogP contribution in [0.25, 0.3) is 6.08 Å². The van der Waals surface area contributed by atoms with Gasteiger partial charge in [-0.3, -0.25) is 9.36 Å². The van der Waals surface area contributed by atoms with E-state index in [9.17, 15) is 9.59 Å². The molecule has 1 aromatic heterocycles. The number of benzene rings is 3. The van der Waals surface area contributed by atoms with Crippen molar-refractivity contribution in [1.29, 1.82) is 0 Å². The number of allylic oxidation sites excluding steroid dienone is 1. The molecule has 216 valence electrons. The van der Waals surface area contributed by atoms with Crippen molar-refractivity contribution in [2.75, 3.05) is 20.8 Å². The first-order valence-electron chi connectivity index (χ1n) is 13.2. The Balaban J connectivity index is 1.57. The number of nitrogens with zero attached hydrogens (tertiary/aromatic N) is 2. The van der Waals surface area contributed by atoms with E-state index in [-0.39, 0.29) is 12.2 Å². The summed E-state index contributed by atoms with van der Waals surface area (Å²) in [6.07, 6.45) is 1.83. The quantitative estimate of drug-likeness (QED) is 0.181. The summed E-state index contributed by atoms with van der Waals surface area (Å²) in [6.45, 7) is 4.03. The van der Waals surface area contributed by atoms with Crippen LogP contribution in [0.1, 0.15) is 36.6 Å². The van der Waals surface area contributed by atoms with Crippen molar-refractivity contribution in [3.63, 3.8) is 0 Å². The van der Waals surface area contributed by atoms with Crippen LogP contribution in [0.2, 0.25) is 0 Å². The van der Waals surface area contributed by atoms with E-state index in [0.29, 0.717) is 38.7 Å². The van der Waals surface area contributed by atoms with E-state index in [1.807, 2.05) is 60.7 Å². The Hall–Kier alpha value is -3.90. The number of halogens is 1. The van der Waals surface area contributed by atoms with E-state index in [0.717, 1.165) is 26.0 Å². The monoisotopic (exact) mass is 696 g/mol. The van der Waals surface area contributed by atoms with E-state index in [4.69, 9.17) is 18.9 Å². The number of methoxy groups -OCH3 is 2. The fraction of sp³-hybridized carbons (Fsp3) is 0.219. The molecule has 0 aliphatic carbocycles. The van der Waals surface area contributed by atoms with Crippen LogP contribution in [0.5, 0.6) is 17.2 Å². The van der Waals surface area contributed by atoms with Crippen molar-refractivity contribution in [3.05, 3.63) is 118 Å². The lowest BCUT2D eigenvalue weighted by molar-refractivity contribution is -0.139. The van der Waals surface area contributed by atoms with Crippen LogP contribution in [-0.2, 0) is 16.1 Å². The first-order chi connectivity index (χ1) is 20.3. The number of thiazole rings is 1. The zero-order chi connectivity index (χ0) is 29.8. The largest absolute Gasteiger partial charge is 0.497 e. The number of carbonyl (C=O) groups excluding carboxylic acids is 1. The zero-order valence-electron chi connectivity index (χ0n) is 23.5. The maximum atomic E-state index is 13.9. The number of esters is 1. The Morgan fingerprint density at radius 1 is 1.02 bits per heavy atom. The second kappa shape index (κ2) is 13.0. The van der Waals surface area contributed by atoms with E-state index in [1.54, 1.807) is 44.8 Å². The van der Waals surface area contributed by atoms with Crippen LogP contribution in [0.4, 0.5) is 0 Å². The van der Waals surface area contributed by atoms with Crippen molar-refractivity contribution in [2.45, 2.75) is 26.5 Å². The van der Waals surface area contributed by atoms with Gasteiger partial charge in [0.05, 0.1) is 42.7 Å². The van der Waals surface area contributed by atoms with Crippen LogP contribution in [0.3, 0.4) is 0 Å². The van der Waals surface area contributed by atoms with Gasteiger partial charge in [0.1, 0.15) is 23.9 Å². The first-order valence-corrected chi connectivity index (χ1v) is 15.1. The van der Waals surface area contributed by atoms with Crippen LogP contribution in [-0.4, -0.2) is 31.4 Å². The van der Waals surface area contributed by atoms with E-state index in [1.165, 1.54) is 11.3 Å². The SMILES string of the molecule is CCOC(=O)C1=C(C)N=c2s/c(=C\c3ccc(OC)c(COc4ccc(I)cc4)c3)c(=O)n2[C@H]1c1ccc(OC)cc1. The first kappa shape index (κ1) is 29.6. The average Bonchev–Trinajstić information content (AvgIpc) is 3.30. The second-order valence-electron chi connectivity index (χ2n) is 9.39. The smallest absolute Gasteiger partial charge is 0.338 e. The summed E-state index contributed by atoms with van der Waals surface area (Å²) in [5, 5.41) is 0. The highest BCUT2D eigenvalue weighted by atomic mass is 127. The molecule has 0 unspecified atom stereocenters. The molecular weight excluding hydrogens is 667 g/mol. The maximum absolute atomic E-state index is 13.9. The number of hydrogen-bond acceptors (Lipinski definition) is 8. The van der Waals surface area contributed by atoms with Crippen molar-refractivity contribution >= 4 is 46.0 Å². The fourth-order valence-electron chi connectivity index (χ4n) is 4.74. The molecule has 0 radical (unpaired) electrons. The number of ether oxygens (including phenoxy) is 4. The molecule has 0 bridgehead atoms. The Morgan fingerprint density at radius 2 is 1.74 bits per heavy atom. The van der Waals surface area contributed by atoms with Gasteiger partial charge in [0, 0.05) is 9.13 Å². The number of aromatic nitrogens is 1. The number of fused-ring (bicyclic) bond motifs is 1. The van der Waals surface area contributed by atoms with E-state index < -0.39 is 12.0 Å². The molecule has 0 spiro atoms. The third-order valence-electron chi connectivity index (χ3n) is 6.76. The summed E-state index contributed by atoms with van der Waals surface area (Å²) in [5.41, 5.74) is 3.00. The molecular formula is C32H29IN2O6S. The van der Waals surface area contributed by atoms with Gasteiger partial charge in [-0.15, -0.1) is 0 Å². The summed E-state index contributed by atoms with van der Waals surface area (Å²) in [5.74, 6) is 1.61. The molecule has 2 heterocycles. The summed E-state index contributed by atoms with van der Waals surface area (Å²) in [7, 11) is 3.20. The minimum absolute atomic E-state index is 0.211. The standard InChI is InChI=1S/C32H29IN2O6S/c1-5-40-31(37)28-19(2)34-32-35(29(28)21-7-11-24(38-3)12-8-21)30(36)27(42-32)17-20-6-15-26(39-4)22(16-20)18-41-25-13-9-23(33)10-14-25/h6-17,29H,5,18H2,1-4H3/b27-17-/t29-/m0/s1. The molecule has 1 aliphatic heterocycles. The lowest BCUT2D eigenvalue weighted by Gasteiger charge is -2.24. The van der Waals surface area contributed by atoms with Gasteiger partial charge in [-0.1, -0.05) is 29.5 Å². The van der Waals surface area contributed by atoms with Gasteiger partial charge < -0.3 is 18.9 Å². The number of carbonyl (C=O) groups is 1. The van der Waals surface area contributed by atoms with Gasteiger partial charge in [0.2, 0.25) is 0 Å². The molecule has 3 aromatic carbocycles. The fourth-order valence-corrected chi connectivity index (χ4v) is 6.14. The van der Waals surface area contributed by atoms with Crippen molar-refractivity contribution in [2.24, 2.45) is 4.99 Å². The van der Waals surface area contributed by atoms with Crippen LogP contribution >= 0.6 is 33.9 Å². The molecule has 0 amide bonds. The maximum Gasteiger partial charge on any atom is 0.338 e. The van der Waals surface area contributed by atoms with Crippen molar-refractivity contribution < 1.29 is 23.7 Å². The lowest BCUT2D eigenvalue weighted by atomic mass is 9.96. The predicted molar refractivity (Wildman–Crippen MR) is 170 cm³/mol. The topological polar surface area (TPSA) is 88.4 Å². The van der Waals surface area contributed by atoms with Gasteiger partial charge in [-0.05, 0) is 102 Å². The third kappa shape index (κ3) is 6.14. The highest BCUT2D eigenvalue weighted by molar-refractivity contribution is 14.1. The lowest BCUT2D eigenvalue weighted by Crippen LogP contribution is -2.39. The van der Waals surface area contributed by atoms with Crippen LogP contribution in [0, 0.1) is 3.57 Å². The minimum atomic E-state index is -0.692. The molecule has 5 rings (SSSR count). The molecule has 10 heteroatoms. The number of hydrogen-bond donors (Lipinski definition) is 0. The summed E-state index contributed by atoms with van der Waals surface area (Å²) >= 11 is 3.53.